The fraction of sp³-hybridized carbons (Fsp3) is 0.250. The van der Waals surface area contributed by atoms with E-state index in [-0.39, 0.29) is 0 Å². The van der Waals surface area contributed by atoms with Gasteiger partial charge in [0.2, 0.25) is 0 Å². The van der Waals surface area contributed by atoms with Crippen molar-refractivity contribution in [1.82, 2.24) is 14.7 Å². The lowest BCUT2D eigenvalue weighted by Gasteiger charge is -2.26. The van der Waals surface area contributed by atoms with Gasteiger partial charge >= 0.3 is 0 Å². The molecule has 29 heavy (non-hydrogen) atoms. The second kappa shape index (κ2) is 7.59. The van der Waals surface area contributed by atoms with Gasteiger partial charge in [-0.15, -0.1) is 0 Å². The quantitative estimate of drug-likeness (QED) is 0.427. The molecule has 5 nitrogen and oxygen atoms in total. The Morgan fingerprint density at radius 2 is 1.76 bits per heavy atom. The van der Waals surface area contributed by atoms with Gasteiger partial charge in [-0.1, -0.05) is 17.3 Å². The van der Waals surface area contributed by atoms with Crippen LogP contribution in [0, 0.1) is 27.7 Å². The van der Waals surface area contributed by atoms with Crippen LogP contribution in [-0.2, 0) is 0 Å². The molecular weight excluding hydrogens is 360 g/mol. The second-order valence-electron chi connectivity index (χ2n) is 7.38. The molecule has 0 N–H and O–H groups in total. The largest absolute Gasteiger partial charge is 0.361 e. The monoisotopic (exact) mass is 386 g/mol. The number of imidazole rings is 1. The van der Waals surface area contributed by atoms with Gasteiger partial charge in [0.15, 0.2) is 0 Å². The summed E-state index contributed by atoms with van der Waals surface area (Å²) in [6.07, 6.45) is 3.88. The van der Waals surface area contributed by atoms with Crippen LogP contribution >= 0.6 is 0 Å². The second-order valence-corrected chi connectivity index (χ2v) is 7.38. The summed E-state index contributed by atoms with van der Waals surface area (Å²) < 4.78 is 7.42. The lowest BCUT2D eigenvalue weighted by molar-refractivity contribution is 0.393. The summed E-state index contributed by atoms with van der Waals surface area (Å²) in [5, 5.41) is 4.11. The van der Waals surface area contributed by atoms with Gasteiger partial charge in [-0.2, -0.15) is 0 Å². The van der Waals surface area contributed by atoms with Crippen LogP contribution in [0.15, 0.2) is 59.5 Å². The molecule has 2 aromatic heterocycles. The predicted molar refractivity (Wildman–Crippen MR) is 117 cm³/mol. The Bertz CT molecular complexity index is 1120. The number of hydrogen-bond donors (Lipinski definition) is 0. The van der Waals surface area contributed by atoms with Crippen LogP contribution in [0.5, 0.6) is 0 Å². The van der Waals surface area contributed by atoms with Crippen LogP contribution in [-0.4, -0.2) is 21.3 Å². The molecule has 0 radical (unpaired) electrons. The average Bonchev–Trinajstić information content (AvgIpc) is 3.30. The third-order valence-electron chi connectivity index (χ3n) is 5.31. The summed E-state index contributed by atoms with van der Waals surface area (Å²) in [7, 11) is 0. The molecule has 0 amide bonds. The Morgan fingerprint density at radius 3 is 2.34 bits per heavy atom. The minimum atomic E-state index is 0.848. The first kappa shape index (κ1) is 19.0. The molecule has 148 valence electrons. The summed E-state index contributed by atoms with van der Waals surface area (Å²) in [5.74, 6) is 0.848. The first-order valence-electron chi connectivity index (χ1n) is 9.90. The summed E-state index contributed by atoms with van der Waals surface area (Å²) in [4.78, 5) is 6.65. The van der Waals surface area contributed by atoms with Crippen molar-refractivity contribution in [3.63, 3.8) is 0 Å². The predicted octanol–water partition coefficient (Wildman–Crippen LogP) is 5.92. The molecule has 0 atom stereocenters. The van der Waals surface area contributed by atoms with Crippen LogP contribution in [0.3, 0.4) is 0 Å². The fourth-order valence-electron chi connectivity index (χ4n) is 3.81. The maximum absolute atomic E-state index is 5.38. The highest BCUT2D eigenvalue weighted by Crippen LogP contribution is 2.35. The normalized spacial score (nSPS) is 11.1. The number of hydrogen-bond acceptors (Lipinski definition) is 4. The highest BCUT2D eigenvalue weighted by Gasteiger charge is 2.16. The van der Waals surface area contributed by atoms with Gasteiger partial charge in [-0.3, -0.25) is 0 Å². The number of nitrogens with zero attached hydrogens (tertiary/aromatic N) is 4. The minimum absolute atomic E-state index is 0.848. The van der Waals surface area contributed by atoms with Crippen molar-refractivity contribution in [1.29, 1.82) is 0 Å². The Hall–Kier alpha value is -3.34. The van der Waals surface area contributed by atoms with Crippen molar-refractivity contribution in [3.8, 4) is 16.8 Å². The minimum Gasteiger partial charge on any atom is -0.361 e. The maximum atomic E-state index is 5.38. The van der Waals surface area contributed by atoms with Gasteiger partial charge in [0, 0.05) is 35.4 Å². The van der Waals surface area contributed by atoms with E-state index in [0.717, 1.165) is 46.2 Å². The van der Waals surface area contributed by atoms with Crippen molar-refractivity contribution >= 4 is 11.4 Å². The van der Waals surface area contributed by atoms with Gasteiger partial charge < -0.3 is 14.0 Å². The van der Waals surface area contributed by atoms with E-state index < -0.39 is 0 Å². The lowest BCUT2D eigenvalue weighted by atomic mass is 10.0. The van der Waals surface area contributed by atoms with Crippen LogP contribution < -0.4 is 4.90 Å². The molecule has 4 aromatic rings. The number of anilines is 2. The average molecular weight is 386 g/mol. The third kappa shape index (κ3) is 3.56. The smallest absolute Gasteiger partial charge is 0.141 e. The van der Waals surface area contributed by atoms with Crippen molar-refractivity contribution in [2.24, 2.45) is 0 Å². The molecule has 0 unspecified atom stereocenters. The number of benzene rings is 2. The Morgan fingerprint density at radius 1 is 1.00 bits per heavy atom. The van der Waals surface area contributed by atoms with Crippen molar-refractivity contribution in [2.45, 2.75) is 34.6 Å². The molecule has 0 saturated heterocycles. The zero-order chi connectivity index (χ0) is 20.5. The fourth-order valence-corrected chi connectivity index (χ4v) is 3.81. The molecule has 0 saturated carbocycles. The zero-order valence-corrected chi connectivity index (χ0v) is 17.6. The Balaban J connectivity index is 1.71. The first-order chi connectivity index (χ1) is 14.0. The highest BCUT2D eigenvalue weighted by atomic mass is 16.5. The molecule has 2 aromatic carbocycles. The van der Waals surface area contributed by atoms with Gasteiger partial charge in [-0.25, -0.2) is 4.98 Å². The van der Waals surface area contributed by atoms with E-state index in [2.05, 4.69) is 71.4 Å². The van der Waals surface area contributed by atoms with Crippen molar-refractivity contribution < 1.29 is 4.52 Å². The van der Waals surface area contributed by atoms with E-state index >= 15 is 0 Å². The van der Waals surface area contributed by atoms with E-state index in [1.807, 2.05) is 37.9 Å². The van der Waals surface area contributed by atoms with Gasteiger partial charge in [0.1, 0.15) is 5.76 Å². The van der Waals surface area contributed by atoms with E-state index in [9.17, 15) is 0 Å². The van der Waals surface area contributed by atoms with E-state index in [1.54, 1.807) is 0 Å². The molecule has 0 fully saturated rings. The summed E-state index contributed by atoms with van der Waals surface area (Å²) in [6.45, 7) is 11.1. The lowest BCUT2D eigenvalue weighted by Crippen LogP contribution is -2.17. The Labute approximate surface area is 171 Å². The number of aromatic nitrogens is 3. The summed E-state index contributed by atoms with van der Waals surface area (Å²) in [6, 6.07) is 15.1. The van der Waals surface area contributed by atoms with Crippen LogP contribution in [0.1, 0.15) is 29.6 Å². The van der Waals surface area contributed by atoms with Gasteiger partial charge in [0.05, 0.1) is 17.7 Å². The molecule has 2 heterocycles. The third-order valence-corrected chi connectivity index (χ3v) is 5.31. The molecule has 0 aliphatic rings. The SMILES string of the molecule is CCN(c1ccc(-n2cnc(C)c2)cc1)c1cc(-c2c(C)noc2C)ccc1C. The van der Waals surface area contributed by atoms with Crippen molar-refractivity contribution in [2.75, 3.05) is 11.4 Å². The van der Waals surface area contributed by atoms with E-state index in [0.29, 0.717) is 0 Å². The van der Waals surface area contributed by atoms with Crippen molar-refractivity contribution in [3.05, 3.63) is 77.7 Å². The van der Waals surface area contributed by atoms with Gasteiger partial charge in [0.25, 0.3) is 0 Å². The Kier molecular flexibility index (Phi) is 4.97. The molecule has 0 bridgehead atoms. The summed E-state index contributed by atoms with van der Waals surface area (Å²) >= 11 is 0. The zero-order valence-electron chi connectivity index (χ0n) is 17.6. The molecule has 0 aliphatic carbocycles. The van der Waals surface area contributed by atoms with E-state index in [4.69, 9.17) is 4.52 Å². The topological polar surface area (TPSA) is 47.1 Å². The number of aryl methyl sites for hydroxylation is 4. The van der Waals surface area contributed by atoms with E-state index in [1.165, 1.54) is 11.3 Å². The number of rotatable bonds is 5. The maximum Gasteiger partial charge on any atom is 0.141 e. The molecule has 4 rings (SSSR count). The van der Waals surface area contributed by atoms with Crippen LogP contribution in [0.25, 0.3) is 16.8 Å². The van der Waals surface area contributed by atoms with Crippen LogP contribution in [0.2, 0.25) is 0 Å². The van der Waals surface area contributed by atoms with Gasteiger partial charge in [-0.05, 0) is 76.1 Å². The summed E-state index contributed by atoms with van der Waals surface area (Å²) in [5.41, 5.74) is 8.82. The van der Waals surface area contributed by atoms with Crippen LogP contribution in [0.4, 0.5) is 11.4 Å². The highest BCUT2D eigenvalue weighted by molar-refractivity contribution is 5.76. The first-order valence-corrected chi connectivity index (χ1v) is 9.90. The molecular formula is C24H26N4O. The standard InChI is InChI=1S/C24H26N4O/c1-6-28(22-11-9-21(10-12-22)27-14-17(3)25-15-27)23-13-20(8-7-16(23)2)24-18(4)26-29-19(24)5/h7-15H,6H2,1-5H3. The molecule has 5 heteroatoms. The molecule has 0 aliphatic heterocycles. The molecule has 0 spiro atoms.